The Morgan fingerprint density at radius 3 is 2.77 bits per heavy atom. The van der Waals surface area contributed by atoms with Gasteiger partial charge in [-0.2, -0.15) is 0 Å². The monoisotopic (exact) mass is 170 g/mol. The molecule has 64 valence electrons. The summed E-state index contributed by atoms with van der Waals surface area (Å²) in [4.78, 5) is 0. The van der Waals surface area contributed by atoms with Gasteiger partial charge in [-0.25, -0.2) is 0 Å². The smallest absolute Gasteiger partial charge is 0.127 e. The van der Waals surface area contributed by atoms with Gasteiger partial charge < -0.3 is 4.74 Å². The van der Waals surface area contributed by atoms with Gasteiger partial charge >= 0.3 is 0 Å². The Bertz CT molecular complexity index is 421. The van der Waals surface area contributed by atoms with Crippen LogP contribution in [-0.2, 0) is 6.42 Å². The first kappa shape index (κ1) is 6.96. The molecular formula is C12H10O. The van der Waals surface area contributed by atoms with E-state index in [-0.39, 0.29) is 0 Å². The molecule has 0 N–H and O–H groups in total. The Morgan fingerprint density at radius 1 is 1.00 bits per heavy atom. The van der Waals surface area contributed by atoms with Crippen LogP contribution >= 0.6 is 0 Å². The summed E-state index contributed by atoms with van der Waals surface area (Å²) >= 11 is 0. The minimum atomic E-state index is 0.816. The fourth-order valence-corrected chi connectivity index (χ4v) is 1.98. The van der Waals surface area contributed by atoms with Crippen molar-refractivity contribution in [2.24, 2.45) is 0 Å². The maximum Gasteiger partial charge on any atom is 0.127 e. The van der Waals surface area contributed by atoms with Crippen LogP contribution < -0.4 is 4.74 Å². The molecule has 0 spiro atoms. The quantitative estimate of drug-likeness (QED) is 0.590. The van der Waals surface area contributed by atoms with Gasteiger partial charge in [-0.05, 0) is 17.0 Å². The van der Waals surface area contributed by atoms with Gasteiger partial charge in [0, 0.05) is 11.8 Å². The lowest BCUT2D eigenvalue weighted by Gasteiger charge is -2.17. The summed E-state index contributed by atoms with van der Waals surface area (Å²) in [7, 11) is 0. The van der Waals surface area contributed by atoms with Gasteiger partial charge in [0.15, 0.2) is 0 Å². The van der Waals surface area contributed by atoms with Crippen molar-refractivity contribution in [2.75, 3.05) is 6.61 Å². The van der Waals surface area contributed by atoms with Gasteiger partial charge in [-0.15, -0.1) is 0 Å². The zero-order valence-electron chi connectivity index (χ0n) is 7.29. The molecule has 0 saturated heterocycles. The molecule has 1 aliphatic rings. The third-order valence-corrected chi connectivity index (χ3v) is 2.58. The van der Waals surface area contributed by atoms with Crippen molar-refractivity contribution < 1.29 is 4.74 Å². The first-order valence-electron chi connectivity index (χ1n) is 4.58. The minimum absolute atomic E-state index is 0.816. The third kappa shape index (κ3) is 0.934. The van der Waals surface area contributed by atoms with Crippen LogP contribution in [-0.4, -0.2) is 6.61 Å². The summed E-state index contributed by atoms with van der Waals surface area (Å²) in [6.07, 6.45) is 1.04. The van der Waals surface area contributed by atoms with E-state index < -0.39 is 0 Å². The van der Waals surface area contributed by atoms with E-state index >= 15 is 0 Å². The lowest BCUT2D eigenvalue weighted by molar-refractivity contribution is 0.318. The molecule has 0 saturated carbocycles. The maximum atomic E-state index is 5.60. The van der Waals surface area contributed by atoms with Crippen molar-refractivity contribution in [3.05, 3.63) is 42.0 Å². The Morgan fingerprint density at radius 2 is 1.85 bits per heavy atom. The maximum absolute atomic E-state index is 5.60. The van der Waals surface area contributed by atoms with E-state index in [1.807, 2.05) is 12.1 Å². The highest BCUT2D eigenvalue weighted by atomic mass is 16.5. The highest BCUT2D eigenvalue weighted by Crippen LogP contribution is 2.32. The average Bonchev–Trinajstić information content (AvgIpc) is 2.19. The third-order valence-electron chi connectivity index (χ3n) is 2.58. The molecule has 2 aromatic rings. The zero-order valence-corrected chi connectivity index (χ0v) is 7.29. The van der Waals surface area contributed by atoms with Crippen molar-refractivity contribution in [3.8, 4) is 5.75 Å². The molecule has 0 amide bonds. The van der Waals surface area contributed by atoms with Crippen LogP contribution in [0.5, 0.6) is 5.75 Å². The van der Waals surface area contributed by atoms with E-state index in [4.69, 9.17) is 4.74 Å². The standard InChI is InChI=1S/C12H10O/c1-3-9-5-2-6-11-12(9)10(4-1)7-8-13-11/h1-6H,7-8H2. The summed E-state index contributed by atoms with van der Waals surface area (Å²) in [6, 6.07) is 12.7. The molecular weight excluding hydrogens is 160 g/mol. The molecule has 0 radical (unpaired) electrons. The Hall–Kier alpha value is -1.50. The predicted octanol–water partition coefficient (Wildman–Crippen LogP) is 2.77. The second kappa shape index (κ2) is 2.49. The summed E-state index contributed by atoms with van der Waals surface area (Å²) in [5, 5.41) is 2.59. The summed E-state index contributed by atoms with van der Waals surface area (Å²) in [5.74, 6) is 1.04. The van der Waals surface area contributed by atoms with Crippen molar-refractivity contribution in [1.82, 2.24) is 0 Å². The Labute approximate surface area is 77.0 Å². The van der Waals surface area contributed by atoms with Gasteiger partial charge in [-0.1, -0.05) is 30.3 Å². The Balaban J connectivity index is 2.49. The topological polar surface area (TPSA) is 9.23 Å². The molecule has 1 heteroatoms. The lowest BCUT2D eigenvalue weighted by Crippen LogP contribution is -2.07. The van der Waals surface area contributed by atoms with Gasteiger partial charge in [0.2, 0.25) is 0 Å². The van der Waals surface area contributed by atoms with E-state index in [1.165, 1.54) is 16.3 Å². The van der Waals surface area contributed by atoms with E-state index in [1.54, 1.807) is 0 Å². The molecule has 0 aliphatic carbocycles. The summed E-state index contributed by atoms with van der Waals surface area (Å²) < 4.78 is 5.60. The molecule has 3 rings (SSSR count). The number of benzene rings is 2. The highest BCUT2D eigenvalue weighted by Gasteiger charge is 2.11. The second-order valence-corrected chi connectivity index (χ2v) is 3.37. The van der Waals surface area contributed by atoms with Crippen LogP contribution in [0.25, 0.3) is 10.8 Å². The van der Waals surface area contributed by atoms with Crippen LogP contribution in [0.1, 0.15) is 5.56 Å². The molecule has 1 aliphatic heterocycles. The molecule has 0 unspecified atom stereocenters. The molecule has 1 nitrogen and oxygen atoms in total. The molecule has 1 heterocycles. The fourth-order valence-electron chi connectivity index (χ4n) is 1.98. The molecule has 0 atom stereocenters. The van der Waals surface area contributed by atoms with E-state index in [0.717, 1.165) is 18.8 Å². The zero-order chi connectivity index (χ0) is 8.67. The predicted molar refractivity (Wildman–Crippen MR) is 53.1 cm³/mol. The largest absolute Gasteiger partial charge is 0.493 e. The van der Waals surface area contributed by atoms with Gasteiger partial charge in [0.1, 0.15) is 5.75 Å². The SMILES string of the molecule is c1cc2c3c(cccc3c1)OCC2. The van der Waals surface area contributed by atoms with Gasteiger partial charge in [0.05, 0.1) is 6.61 Å². The molecule has 2 aromatic carbocycles. The molecule has 0 fully saturated rings. The van der Waals surface area contributed by atoms with Crippen molar-refractivity contribution >= 4 is 10.8 Å². The van der Waals surface area contributed by atoms with E-state index in [9.17, 15) is 0 Å². The fraction of sp³-hybridized carbons (Fsp3) is 0.167. The Kier molecular flexibility index (Phi) is 1.33. The molecule has 0 aromatic heterocycles. The number of hydrogen-bond acceptors (Lipinski definition) is 1. The average molecular weight is 170 g/mol. The van der Waals surface area contributed by atoms with Crippen molar-refractivity contribution in [3.63, 3.8) is 0 Å². The van der Waals surface area contributed by atoms with Crippen LogP contribution in [0.2, 0.25) is 0 Å². The van der Waals surface area contributed by atoms with Crippen molar-refractivity contribution in [1.29, 1.82) is 0 Å². The number of hydrogen-bond donors (Lipinski definition) is 0. The van der Waals surface area contributed by atoms with E-state index in [2.05, 4.69) is 24.3 Å². The van der Waals surface area contributed by atoms with Crippen LogP contribution in [0.4, 0.5) is 0 Å². The molecule has 13 heavy (non-hydrogen) atoms. The number of ether oxygens (including phenoxy) is 1. The van der Waals surface area contributed by atoms with Gasteiger partial charge in [-0.3, -0.25) is 0 Å². The first-order chi connectivity index (χ1) is 6.45. The van der Waals surface area contributed by atoms with Crippen LogP contribution in [0.3, 0.4) is 0 Å². The summed E-state index contributed by atoms with van der Waals surface area (Å²) in [6.45, 7) is 0.816. The first-order valence-corrected chi connectivity index (χ1v) is 4.58. The van der Waals surface area contributed by atoms with Crippen LogP contribution in [0, 0.1) is 0 Å². The molecule has 0 bridgehead atoms. The van der Waals surface area contributed by atoms with Gasteiger partial charge in [0.25, 0.3) is 0 Å². The van der Waals surface area contributed by atoms with E-state index in [0.29, 0.717) is 0 Å². The minimum Gasteiger partial charge on any atom is -0.493 e. The normalized spacial score (nSPS) is 14.2. The van der Waals surface area contributed by atoms with Crippen molar-refractivity contribution in [2.45, 2.75) is 6.42 Å². The second-order valence-electron chi connectivity index (χ2n) is 3.37. The number of rotatable bonds is 0. The summed E-state index contributed by atoms with van der Waals surface area (Å²) in [5.41, 5.74) is 1.42. The lowest BCUT2D eigenvalue weighted by atomic mass is 10.00. The van der Waals surface area contributed by atoms with Crippen LogP contribution in [0.15, 0.2) is 36.4 Å². The highest BCUT2D eigenvalue weighted by molar-refractivity contribution is 5.91.